The third-order valence-electron chi connectivity index (χ3n) is 5.50. The molecule has 0 bridgehead atoms. The van der Waals surface area contributed by atoms with E-state index < -0.39 is 20.0 Å². The molecule has 36 heavy (non-hydrogen) atoms. The van der Waals surface area contributed by atoms with Crippen LogP contribution in [0.25, 0.3) is 33.4 Å². The van der Waals surface area contributed by atoms with Crippen LogP contribution in [0, 0.1) is 0 Å². The first-order valence-corrected chi connectivity index (χ1v) is 14.9. The van der Waals surface area contributed by atoms with Crippen LogP contribution < -0.4 is 9.44 Å². The van der Waals surface area contributed by atoms with E-state index in [0.717, 1.165) is 45.8 Å². The van der Waals surface area contributed by atoms with Crippen molar-refractivity contribution in [1.29, 1.82) is 0 Å². The number of sulfonamides is 2. The predicted octanol–water partition coefficient (Wildman–Crippen LogP) is 5.00. The van der Waals surface area contributed by atoms with Gasteiger partial charge >= 0.3 is 0 Å². The summed E-state index contributed by atoms with van der Waals surface area (Å²) in [4.78, 5) is 9.62. The SMILES string of the molecule is CC(C)(C)c1cc(-c2ccc(NS(C)(=O)=O)cc2)c2ncc(-c3ccc(NS(C)(=O)=O)cc3)nc2c1. The smallest absolute Gasteiger partial charge is 0.229 e. The Morgan fingerprint density at radius 3 is 1.69 bits per heavy atom. The lowest BCUT2D eigenvalue weighted by Crippen LogP contribution is -2.11. The summed E-state index contributed by atoms with van der Waals surface area (Å²) in [6.07, 6.45) is 3.92. The molecule has 0 saturated heterocycles. The van der Waals surface area contributed by atoms with E-state index in [1.807, 2.05) is 18.2 Å². The van der Waals surface area contributed by atoms with Gasteiger partial charge in [-0.2, -0.15) is 0 Å². The van der Waals surface area contributed by atoms with E-state index in [0.29, 0.717) is 17.1 Å². The first-order chi connectivity index (χ1) is 16.7. The molecule has 1 heterocycles. The Hall–Kier alpha value is -3.50. The van der Waals surface area contributed by atoms with Gasteiger partial charge < -0.3 is 0 Å². The van der Waals surface area contributed by atoms with Crippen LogP contribution in [0.2, 0.25) is 0 Å². The lowest BCUT2D eigenvalue weighted by Gasteiger charge is -2.21. The van der Waals surface area contributed by atoms with Crippen LogP contribution in [0.15, 0.2) is 66.9 Å². The molecule has 4 rings (SSSR count). The molecule has 0 radical (unpaired) electrons. The van der Waals surface area contributed by atoms with Crippen LogP contribution in [0.4, 0.5) is 11.4 Å². The van der Waals surface area contributed by atoms with E-state index in [4.69, 9.17) is 9.97 Å². The molecule has 10 heteroatoms. The van der Waals surface area contributed by atoms with Gasteiger partial charge in [0.25, 0.3) is 0 Å². The van der Waals surface area contributed by atoms with E-state index in [2.05, 4.69) is 36.3 Å². The van der Waals surface area contributed by atoms with Crippen molar-refractivity contribution >= 4 is 42.5 Å². The molecular weight excluding hydrogens is 496 g/mol. The summed E-state index contributed by atoms with van der Waals surface area (Å²) in [6.45, 7) is 6.38. The molecule has 188 valence electrons. The number of nitrogens with one attached hydrogen (secondary N) is 2. The summed E-state index contributed by atoms with van der Waals surface area (Å²) in [5, 5.41) is 0. The second kappa shape index (κ2) is 9.18. The number of hydrogen-bond acceptors (Lipinski definition) is 6. The van der Waals surface area contributed by atoms with Crippen LogP contribution >= 0.6 is 0 Å². The number of benzene rings is 3. The zero-order valence-corrected chi connectivity index (χ0v) is 22.3. The summed E-state index contributed by atoms with van der Waals surface area (Å²) >= 11 is 0. The average molecular weight is 525 g/mol. The molecule has 1 aromatic heterocycles. The number of rotatable bonds is 6. The van der Waals surface area contributed by atoms with Gasteiger partial charge in [0.15, 0.2) is 0 Å². The molecule has 0 fully saturated rings. The molecule has 0 spiro atoms. The standard InChI is InChI=1S/C26H28N4O4S2/c1-26(2,3)19-14-22(17-6-10-20(11-7-17)29-35(4,31)32)25-23(15-19)28-24(16-27-25)18-8-12-21(13-9-18)30-36(5,33)34/h6-16,29-30H,1-5H3. The zero-order valence-electron chi connectivity index (χ0n) is 20.7. The van der Waals surface area contributed by atoms with Crippen molar-refractivity contribution in [3.05, 3.63) is 72.4 Å². The van der Waals surface area contributed by atoms with Crippen LogP contribution in [0.5, 0.6) is 0 Å². The highest BCUT2D eigenvalue weighted by Crippen LogP contribution is 2.34. The highest BCUT2D eigenvalue weighted by molar-refractivity contribution is 7.92. The molecule has 0 aliphatic rings. The van der Waals surface area contributed by atoms with Crippen LogP contribution in [0.3, 0.4) is 0 Å². The largest absolute Gasteiger partial charge is 0.284 e. The maximum Gasteiger partial charge on any atom is 0.229 e. The molecule has 0 atom stereocenters. The van der Waals surface area contributed by atoms with Crippen molar-refractivity contribution in [2.45, 2.75) is 26.2 Å². The second-order valence-electron chi connectivity index (χ2n) is 9.80. The topological polar surface area (TPSA) is 118 Å². The molecule has 3 aromatic carbocycles. The second-order valence-corrected chi connectivity index (χ2v) is 13.3. The number of anilines is 2. The third-order valence-corrected chi connectivity index (χ3v) is 6.71. The highest BCUT2D eigenvalue weighted by Gasteiger charge is 2.19. The minimum atomic E-state index is -3.36. The highest BCUT2D eigenvalue weighted by atomic mass is 32.2. The zero-order chi connectivity index (χ0) is 26.3. The van der Waals surface area contributed by atoms with Gasteiger partial charge in [-0.3, -0.25) is 14.4 Å². The Morgan fingerprint density at radius 1 is 0.722 bits per heavy atom. The van der Waals surface area contributed by atoms with Crippen molar-refractivity contribution in [3.8, 4) is 22.4 Å². The van der Waals surface area contributed by atoms with Crippen LogP contribution in [-0.4, -0.2) is 39.3 Å². The van der Waals surface area contributed by atoms with Gasteiger partial charge in [-0.1, -0.05) is 45.0 Å². The van der Waals surface area contributed by atoms with Gasteiger partial charge in [0, 0.05) is 22.5 Å². The average Bonchev–Trinajstić information content (AvgIpc) is 2.76. The summed E-state index contributed by atoms with van der Waals surface area (Å²) in [5.41, 5.74) is 6.62. The van der Waals surface area contributed by atoms with Crippen molar-refractivity contribution < 1.29 is 16.8 Å². The fourth-order valence-corrected chi connectivity index (χ4v) is 4.90. The van der Waals surface area contributed by atoms with Gasteiger partial charge in [0.1, 0.15) is 0 Å². The first-order valence-electron chi connectivity index (χ1n) is 11.2. The molecular formula is C26H28N4O4S2. The van der Waals surface area contributed by atoms with E-state index >= 15 is 0 Å². The number of fused-ring (bicyclic) bond motifs is 1. The molecule has 2 N–H and O–H groups in total. The molecule has 0 saturated carbocycles. The molecule has 8 nitrogen and oxygen atoms in total. The van der Waals surface area contributed by atoms with Gasteiger partial charge in [-0.05, 0) is 52.9 Å². The summed E-state index contributed by atoms with van der Waals surface area (Å²) < 4.78 is 51.0. The summed E-state index contributed by atoms with van der Waals surface area (Å²) in [7, 11) is -6.72. The van der Waals surface area contributed by atoms with Crippen LogP contribution in [0.1, 0.15) is 26.3 Å². The molecule has 0 amide bonds. The van der Waals surface area contributed by atoms with Gasteiger partial charge in [0.2, 0.25) is 20.0 Å². The third kappa shape index (κ3) is 6.19. The maximum absolute atomic E-state index is 11.6. The number of hydrogen-bond donors (Lipinski definition) is 2. The molecule has 0 unspecified atom stereocenters. The molecule has 0 aliphatic heterocycles. The molecule has 4 aromatic rings. The van der Waals surface area contributed by atoms with Crippen molar-refractivity contribution in [2.75, 3.05) is 22.0 Å². The molecule has 0 aliphatic carbocycles. The van der Waals surface area contributed by atoms with Crippen LogP contribution in [-0.2, 0) is 25.5 Å². The Labute approximate surface area is 211 Å². The lowest BCUT2D eigenvalue weighted by molar-refractivity contribution is 0.591. The fourth-order valence-electron chi connectivity index (χ4n) is 3.77. The maximum atomic E-state index is 11.6. The van der Waals surface area contributed by atoms with Crippen molar-refractivity contribution in [2.24, 2.45) is 0 Å². The Kier molecular flexibility index (Phi) is 6.52. The van der Waals surface area contributed by atoms with Gasteiger partial charge in [-0.25, -0.2) is 21.8 Å². The Morgan fingerprint density at radius 2 is 1.22 bits per heavy atom. The monoisotopic (exact) mass is 524 g/mol. The number of nitrogens with zero attached hydrogens (tertiary/aromatic N) is 2. The minimum absolute atomic E-state index is 0.141. The minimum Gasteiger partial charge on any atom is -0.284 e. The van der Waals surface area contributed by atoms with E-state index in [9.17, 15) is 16.8 Å². The number of aromatic nitrogens is 2. The Bertz CT molecular complexity index is 1640. The van der Waals surface area contributed by atoms with Gasteiger partial charge in [-0.15, -0.1) is 0 Å². The van der Waals surface area contributed by atoms with E-state index in [1.165, 1.54) is 0 Å². The lowest BCUT2D eigenvalue weighted by atomic mass is 9.84. The quantitative estimate of drug-likeness (QED) is 0.366. The first kappa shape index (κ1) is 25.6. The van der Waals surface area contributed by atoms with Gasteiger partial charge in [0.05, 0.1) is 35.4 Å². The fraction of sp³-hybridized carbons (Fsp3) is 0.231. The summed E-state index contributed by atoms with van der Waals surface area (Å²) in [5.74, 6) is 0. The van der Waals surface area contributed by atoms with E-state index in [-0.39, 0.29) is 5.41 Å². The van der Waals surface area contributed by atoms with E-state index in [1.54, 1.807) is 42.6 Å². The predicted molar refractivity (Wildman–Crippen MR) is 146 cm³/mol. The summed E-state index contributed by atoms with van der Waals surface area (Å²) in [6, 6.07) is 18.3. The van der Waals surface area contributed by atoms with Crippen molar-refractivity contribution in [1.82, 2.24) is 9.97 Å². The Balaban J connectivity index is 1.79. The normalized spacial score (nSPS) is 12.5. The van der Waals surface area contributed by atoms with Crippen molar-refractivity contribution in [3.63, 3.8) is 0 Å².